The summed E-state index contributed by atoms with van der Waals surface area (Å²) in [5.41, 5.74) is 0.240. The predicted octanol–water partition coefficient (Wildman–Crippen LogP) is 4.19. The van der Waals surface area contributed by atoms with Crippen molar-refractivity contribution in [1.82, 2.24) is 0 Å². The van der Waals surface area contributed by atoms with Gasteiger partial charge in [-0.15, -0.1) is 0 Å². The van der Waals surface area contributed by atoms with E-state index in [2.05, 4.69) is 6.58 Å². The van der Waals surface area contributed by atoms with Gasteiger partial charge in [0.25, 0.3) is 0 Å². The molecule has 2 aromatic rings. The summed E-state index contributed by atoms with van der Waals surface area (Å²) in [6, 6.07) is 12.3. The molecule has 0 saturated carbocycles. The van der Waals surface area contributed by atoms with Crippen molar-refractivity contribution in [3.63, 3.8) is 0 Å². The van der Waals surface area contributed by atoms with E-state index in [0.717, 1.165) is 0 Å². The number of methoxy groups -OCH3 is 1. The zero-order valence-corrected chi connectivity index (χ0v) is 13.7. The molecule has 126 valence electrons. The lowest BCUT2D eigenvalue weighted by Gasteiger charge is -2.10. The van der Waals surface area contributed by atoms with Crippen LogP contribution >= 0.6 is 0 Å². The Labute approximate surface area is 145 Å². The highest BCUT2D eigenvalue weighted by atomic mass is 19.1. The van der Waals surface area contributed by atoms with Gasteiger partial charge in [-0.25, -0.2) is 4.39 Å². The standard InChI is InChI=1S/C20H16FNO3/c1-3-10-25-18-9-8-14(12-19(18)24-2)11-15(13-22)20(23)16-6-4-5-7-17(16)21/h3-9,11-12H,1,10H2,2H3/b15-11+. The topological polar surface area (TPSA) is 59.3 Å². The fourth-order valence-corrected chi connectivity index (χ4v) is 2.15. The minimum atomic E-state index is -0.674. The summed E-state index contributed by atoms with van der Waals surface area (Å²) in [6.07, 6.45) is 2.99. The lowest BCUT2D eigenvalue weighted by molar-refractivity contribution is 0.103. The Morgan fingerprint density at radius 2 is 2.04 bits per heavy atom. The normalized spacial score (nSPS) is 10.7. The minimum Gasteiger partial charge on any atom is -0.493 e. The van der Waals surface area contributed by atoms with Crippen LogP contribution in [0.25, 0.3) is 6.08 Å². The Balaban J connectivity index is 2.36. The first kappa shape index (κ1) is 18.0. The Morgan fingerprint density at radius 3 is 2.68 bits per heavy atom. The molecule has 0 saturated heterocycles. The van der Waals surface area contributed by atoms with Crippen LogP contribution in [0.3, 0.4) is 0 Å². The molecule has 0 aliphatic heterocycles. The first-order valence-corrected chi connectivity index (χ1v) is 7.43. The highest BCUT2D eigenvalue weighted by molar-refractivity contribution is 6.14. The molecule has 0 aliphatic carbocycles. The highest BCUT2D eigenvalue weighted by Crippen LogP contribution is 2.29. The third-order valence-electron chi connectivity index (χ3n) is 3.34. The smallest absolute Gasteiger partial charge is 0.206 e. The maximum absolute atomic E-state index is 13.8. The average molecular weight is 337 g/mol. The van der Waals surface area contributed by atoms with Crippen LogP contribution in [0.2, 0.25) is 0 Å². The molecule has 0 heterocycles. The molecule has 0 fully saturated rings. The van der Waals surface area contributed by atoms with Gasteiger partial charge in [0, 0.05) is 0 Å². The molecular weight excluding hydrogens is 321 g/mol. The molecule has 0 unspecified atom stereocenters. The molecule has 0 aromatic heterocycles. The molecule has 2 aromatic carbocycles. The Bertz CT molecular complexity index is 865. The molecule has 0 N–H and O–H groups in total. The number of nitriles is 1. The second-order valence-corrected chi connectivity index (χ2v) is 4.99. The molecule has 0 spiro atoms. The van der Waals surface area contributed by atoms with Crippen LogP contribution in [0, 0.1) is 17.1 Å². The monoisotopic (exact) mass is 337 g/mol. The zero-order valence-electron chi connectivity index (χ0n) is 13.7. The third-order valence-corrected chi connectivity index (χ3v) is 3.34. The number of ketones is 1. The minimum absolute atomic E-state index is 0.145. The summed E-state index contributed by atoms with van der Waals surface area (Å²) < 4.78 is 24.5. The van der Waals surface area contributed by atoms with Crippen molar-refractivity contribution in [2.24, 2.45) is 0 Å². The highest BCUT2D eigenvalue weighted by Gasteiger charge is 2.16. The van der Waals surface area contributed by atoms with E-state index < -0.39 is 11.6 Å². The summed E-state index contributed by atoms with van der Waals surface area (Å²) >= 11 is 0. The Morgan fingerprint density at radius 1 is 1.28 bits per heavy atom. The summed E-state index contributed by atoms with van der Waals surface area (Å²) in [6.45, 7) is 3.90. The van der Waals surface area contributed by atoms with Crippen LogP contribution in [0.1, 0.15) is 15.9 Å². The molecule has 0 aliphatic rings. The number of carbonyl (C=O) groups is 1. The third kappa shape index (κ3) is 4.33. The molecule has 4 nitrogen and oxygen atoms in total. The van der Waals surface area contributed by atoms with Crippen LogP contribution in [-0.2, 0) is 0 Å². The predicted molar refractivity (Wildman–Crippen MR) is 93.0 cm³/mol. The van der Waals surface area contributed by atoms with Gasteiger partial charge in [0.2, 0.25) is 5.78 Å². The molecule has 0 amide bonds. The van der Waals surface area contributed by atoms with Crippen molar-refractivity contribution < 1.29 is 18.7 Å². The first-order valence-electron chi connectivity index (χ1n) is 7.43. The van der Waals surface area contributed by atoms with Gasteiger partial charge in [-0.2, -0.15) is 5.26 Å². The summed E-state index contributed by atoms with van der Waals surface area (Å²) in [4.78, 5) is 12.4. The average Bonchev–Trinajstić information content (AvgIpc) is 2.64. The Kier molecular flexibility index (Phi) is 6.08. The number of benzene rings is 2. The lowest BCUT2D eigenvalue weighted by Crippen LogP contribution is -2.04. The number of hydrogen-bond donors (Lipinski definition) is 0. The molecule has 25 heavy (non-hydrogen) atoms. The van der Waals surface area contributed by atoms with Crippen molar-refractivity contribution in [2.45, 2.75) is 0 Å². The largest absolute Gasteiger partial charge is 0.493 e. The van der Waals surface area contributed by atoms with Gasteiger partial charge < -0.3 is 9.47 Å². The van der Waals surface area contributed by atoms with E-state index in [1.54, 1.807) is 30.3 Å². The van der Waals surface area contributed by atoms with Crippen molar-refractivity contribution in [1.29, 1.82) is 5.26 Å². The van der Waals surface area contributed by atoms with Crippen LogP contribution in [-0.4, -0.2) is 19.5 Å². The second kappa shape index (κ2) is 8.46. The maximum Gasteiger partial charge on any atom is 0.206 e. The van der Waals surface area contributed by atoms with E-state index in [9.17, 15) is 14.4 Å². The van der Waals surface area contributed by atoms with Crippen LogP contribution in [0.5, 0.6) is 11.5 Å². The van der Waals surface area contributed by atoms with Gasteiger partial charge >= 0.3 is 0 Å². The number of hydrogen-bond acceptors (Lipinski definition) is 4. The number of nitrogens with zero attached hydrogens (tertiary/aromatic N) is 1. The first-order chi connectivity index (χ1) is 12.1. The van der Waals surface area contributed by atoms with Crippen molar-refractivity contribution in [3.05, 3.63) is 77.6 Å². The van der Waals surface area contributed by atoms with Gasteiger partial charge in [-0.05, 0) is 35.9 Å². The van der Waals surface area contributed by atoms with Crippen molar-refractivity contribution in [3.8, 4) is 17.6 Å². The van der Waals surface area contributed by atoms with Gasteiger partial charge in [0.05, 0.1) is 12.7 Å². The fourth-order valence-electron chi connectivity index (χ4n) is 2.15. The van der Waals surface area contributed by atoms with Crippen LogP contribution in [0.15, 0.2) is 60.7 Å². The summed E-state index contributed by atoms with van der Waals surface area (Å²) in [5.74, 6) is -0.379. The van der Waals surface area contributed by atoms with Gasteiger partial charge in [-0.1, -0.05) is 30.9 Å². The number of ether oxygens (including phenoxy) is 2. The molecule has 2 rings (SSSR count). The van der Waals surface area contributed by atoms with E-state index in [1.807, 2.05) is 6.07 Å². The lowest BCUT2D eigenvalue weighted by atomic mass is 10.0. The molecule has 0 bridgehead atoms. The van der Waals surface area contributed by atoms with Crippen LogP contribution in [0.4, 0.5) is 4.39 Å². The molecule has 0 atom stereocenters. The SMILES string of the molecule is C=CCOc1ccc(/C=C(\C#N)C(=O)c2ccccc2F)cc1OC. The fraction of sp³-hybridized carbons (Fsp3) is 0.100. The van der Waals surface area contributed by atoms with E-state index in [4.69, 9.17) is 9.47 Å². The van der Waals surface area contributed by atoms with E-state index in [-0.39, 0.29) is 11.1 Å². The van der Waals surface area contributed by atoms with E-state index >= 15 is 0 Å². The summed E-state index contributed by atoms with van der Waals surface area (Å²) in [7, 11) is 1.49. The molecular formula is C20H16FNO3. The van der Waals surface area contributed by atoms with Gasteiger partial charge in [-0.3, -0.25) is 4.79 Å². The Hall–Kier alpha value is -3.39. The number of allylic oxidation sites excluding steroid dienone is 1. The second-order valence-electron chi connectivity index (χ2n) is 4.99. The molecule has 0 radical (unpaired) electrons. The van der Waals surface area contributed by atoms with Crippen LogP contribution < -0.4 is 9.47 Å². The number of carbonyl (C=O) groups excluding carboxylic acids is 1. The van der Waals surface area contributed by atoms with E-state index in [1.165, 1.54) is 31.4 Å². The van der Waals surface area contributed by atoms with Crippen molar-refractivity contribution in [2.75, 3.05) is 13.7 Å². The van der Waals surface area contributed by atoms with Crippen molar-refractivity contribution >= 4 is 11.9 Å². The van der Waals surface area contributed by atoms with Gasteiger partial charge in [0.15, 0.2) is 11.5 Å². The maximum atomic E-state index is 13.8. The molecule has 5 heteroatoms. The number of Topliss-reactive ketones (excluding diaryl/α,β-unsaturated/α-hetero) is 1. The summed E-state index contributed by atoms with van der Waals surface area (Å²) in [5, 5.41) is 9.28. The number of rotatable bonds is 7. The zero-order chi connectivity index (χ0) is 18.2. The van der Waals surface area contributed by atoms with E-state index in [0.29, 0.717) is 23.7 Å². The van der Waals surface area contributed by atoms with Gasteiger partial charge in [0.1, 0.15) is 24.1 Å². The number of halogens is 1. The quantitative estimate of drug-likeness (QED) is 0.329.